The Morgan fingerprint density at radius 2 is 1.94 bits per heavy atom. The first-order valence-corrected chi connectivity index (χ1v) is 6.64. The Bertz CT molecular complexity index is 520. The van der Waals surface area contributed by atoms with Crippen LogP contribution in [0.4, 0.5) is 5.82 Å². The van der Waals surface area contributed by atoms with Crippen LogP contribution in [0.2, 0.25) is 0 Å². The Morgan fingerprint density at radius 3 is 2.50 bits per heavy atom. The van der Waals surface area contributed by atoms with Gasteiger partial charge < -0.3 is 10.5 Å². The molecule has 0 bridgehead atoms. The van der Waals surface area contributed by atoms with E-state index in [1.807, 2.05) is 30.5 Å². The van der Waals surface area contributed by atoms with Crippen LogP contribution in [-0.4, -0.2) is 22.1 Å². The summed E-state index contributed by atoms with van der Waals surface area (Å²) in [5.74, 6) is 1.50. The molecule has 0 fully saturated rings. The van der Waals surface area contributed by atoms with E-state index in [2.05, 4.69) is 18.9 Å². The molecular formula is C13H17N3OS. The van der Waals surface area contributed by atoms with E-state index in [1.165, 1.54) is 0 Å². The van der Waals surface area contributed by atoms with Crippen LogP contribution in [0.25, 0.3) is 5.69 Å². The topological polar surface area (TPSA) is 53.1 Å². The van der Waals surface area contributed by atoms with E-state index < -0.39 is 0 Å². The van der Waals surface area contributed by atoms with Crippen molar-refractivity contribution in [2.75, 3.05) is 12.8 Å². The third kappa shape index (κ3) is 2.61. The van der Waals surface area contributed by atoms with Crippen LogP contribution in [0.3, 0.4) is 0 Å². The highest BCUT2D eigenvalue weighted by Crippen LogP contribution is 2.30. The smallest absolute Gasteiger partial charge is 0.140 e. The molecule has 0 radical (unpaired) electrons. The van der Waals surface area contributed by atoms with Gasteiger partial charge in [-0.2, -0.15) is 5.10 Å². The maximum absolute atomic E-state index is 6.10. The minimum atomic E-state index is 0.487. The molecular weight excluding hydrogens is 246 g/mol. The molecule has 0 aliphatic rings. The quantitative estimate of drug-likeness (QED) is 0.862. The number of ether oxygens (including phenoxy) is 1. The van der Waals surface area contributed by atoms with E-state index in [0.29, 0.717) is 11.1 Å². The molecule has 0 unspecified atom stereocenters. The molecule has 0 atom stereocenters. The summed E-state index contributed by atoms with van der Waals surface area (Å²) >= 11 is 1.72. The number of rotatable bonds is 4. The Morgan fingerprint density at radius 1 is 1.28 bits per heavy atom. The standard InChI is InChI=1S/C13H17N3OS/c1-9(2)18-12-8-15-16(13(12)14)10-4-6-11(17-3)7-5-10/h4-9H,14H2,1-3H3. The summed E-state index contributed by atoms with van der Waals surface area (Å²) in [4.78, 5) is 1.01. The number of nitrogens with zero attached hydrogens (tertiary/aromatic N) is 2. The van der Waals surface area contributed by atoms with Gasteiger partial charge in [-0.05, 0) is 24.3 Å². The molecule has 1 aromatic carbocycles. The average molecular weight is 263 g/mol. The molecule has 2 rings (SSSR count). The highest BCUT2D eigenvalue weighted by Gasteiger charge is 2.10. The van der Waals surface area contributed by atoms with Crippen molar-refractivity contribution in [2.24, 2.45) is 0 Å². The van der Waals surface area contributed by atoms with Gasteiger partial charge in [0.15, 0.2) is 0 Å². The highest BCUT2D eigenvalue weighted by molar-refractivity contribution is 8.00. The predicted octanol–water partition coefficient (Wildman–Crippen LogP) is 2.96. The molecule has 18 heavy (non-hydrogen) atoms. The van der Waals surface area contributed by atoms with E-state index >= 15 is 0 Å². The fraction of sp³-hybridized carbons (Fsp3) is 0.308. The lowest BCUT2D eigenvalue weighted by Crippen LogP contribution is -2.02. The van der Waals surface area contributed by atoms with E-state index in [-0.39, 0.29) is 0 Å². The Labute approximate surface area is 111 Å². The van der Waals surface area contributed by atoms with Gasteiger partial charge in [0.25, 0.3) is 0 Å². The molecule has 1 heterocycles. The van der Waals surface area contributed by atoms with Crippen LogP contribution < -0.4 is 10.5 Å². The normalized spacial score (nSPS) is 10.9. The van der Waals surface area contributed by atoms with Crippen molar-refractivity contribution in [3.8, 4) is 11.4 Å². The fourth-order valence-corrected chi connectivity index (χ4v) is 2.44. The predicted molar refractivity (Wildman–Crippen MR) is 75.5 cm³/mol. The Balaban J connectivity index is 2.30. The number of nitrogen functional groups attached to an aromatic ring is 1. The summed E-state index contributed by atoms with van der Waals surface area (Å²) < 4.78 is 6.87. The van der Waals surface area contributed by atoms with E-state index in [1.54, 1.807) is 23.6 Å². The van der Waals surface area contributed by atoms with E-state index in [9.17, 15) is 0 Å². The molecule has 96 valence electrons. The molecule has 5 heteroatoms. The van der Waals surface area contributed by atoms with Gasteiger partial charge in [0.05, 0.1) is 23.9 Å². The third-order valence-electron chi connectivity index (χ3n) is 2.45. The minimum absolute atomic E-state index is 0.487. The van der Waals surface area contributed by atoms with Crippen molar-refractivity contribution < 1.29 is 4.74 Å². The second kappa shape index (κ2) is 5.35. The van der Waals surface area contributed by atoms with Crippen LogP contribution in [0.15, 0.2) is 35.4 Å². The zero-order valence-electron chi connectivity index (χ0n) is 10.8. The van der Waals surface area contributed by atoms with Crippen LogP contribution in [-0.2, 0) is 0 Å². The number of anilines is 1. The first kappa shape index (κ1) is 12.8. The number of methoxy groups -OCH3 is 1. The highest BCUT2D eigenvalue weighted by atomic mass is 32.2. The summed E-state index contributed by atoms with van der Waals surface area (Å²) in [6.45, 7) is 4.27. The van der Waals surface area contributed by atoms with Gasteiger partial charge in [0, 0.05) is 5.25 Å². The molecule has 2 N–H and O–H groups in total. The number of nitrogens with two attached hydrogens (primary N) is 1. The van der Waals surface area contributed by atoms with Crippen LogP contribution >= 0.6 is 11.8 Å². The molecule has 0 saturated heterocycles. The number of benzene rings is 1. The third-order valence-corrected chi connectivity index (χ3v) is 3.49. The van der Waals surface area contributed by atoms with Crippen molar-refractivity contribution in [1.29, 1.82) is 0 Å². The maximum Gasteiger partial charge on any atom is 0.140 e. The summed E-state index contributed by atoms with van der Waals surface area (Å²) in [5, 5.41) is 4.81. The van der Waals surface area contributed by atoms with Crippen molar-refractivity contribution in [3.63, 3.8) is 0 Å². The van der Waals surface area contributed by atoms with Crippen LogP contribution in [0.5, 0.6) is 5.75 Å². The molecule has 1 aromatic heterocycles. The molecule has 2 aromatic rings. The molecule has 0 amide bonds. The zero-order chi connectivity index (χ0) is 13.1. The summed E-state index contributed by atoms with van der Waals surface area (Å²) in [6.07, 6.45) is 1.81. The first-order chi connectivity index (χ1) is 8.61. The number of thioether (sulfide) groups is 1. The second-order valence-corrected chi connectivity index (χ2v) is 5.79. The van der Waals surface area contributed by atoms with Crippen molar-refractivity contribution in [2.45, 2.75) is 24.0 Å². The van der Waals surface area contributed by atoms with Gasteiger partial charge >= 0.3 is 0 Å². The van der Waals surface area contributed by atoms with Crippen LogP contribution in [0.1, 0.15) is 13.8 Å². The summed E-state index contributed by atoms with van der Waals surface area (Å²) in [6, 6.07) is 7.66. The lowest BCUT2D eigenvalue weighted by Gasteiger charge is -2.07. The average Bonchev–Trinajstić information content (AvgIpc) is 2.71. The first-order valence-electron chi connectivity index (χ1n) is 5.76. The van der Waals surface area contributed by atoms with Gasteiger partial charge in [-0.25, -0.2) is 4.68 Å². The fourth-order valence-electron chi connectivity index (χ4n) is 1.62. The number of aromatic nitrogens is 2. The SMILES string of the molecule is COc1ccc(-n2ncc(SC(C)C)c2N)cc1. The molecule has 0 spiro atoms. The van der Waals surface area contributed by atoms with Crippen molar-refractivity contribution >= 4 is 17.6 Å². The maximum atomic E-state index is 6.10. The second-order valence-electron chi connectivity index (χ2n) is 4.17. The zero-order valence-corrected chi connectivity index (χ0v) is 11.6. The van der Waals surface area contributed by atoms with Crippen molar-refractivity contribution in [1.82, 2.24) is 9.78 Å². The monoisotopic (exact) mass is 263 g/mol. The number of hydrogen-bond donors (Lipinski definition) is 1. The Kier molecular flexibility index (Phi) is 3.81. The van der Waals surface area contributed by atoms with Crippen molar-refractivity contribution in [3.05, 3.63) is 30.5 Å². The molecule has 0 aliphatic heterocycles. The summed E-state index contributed by atoms with van der Waals surface area (Å²) in [5.41, 5.74) is 7.04. The van der Waals surface area contributed by atoms with Crippen LogP contribution in [0, 0.1) is 0 Å². The number of hydrogen-bond acceptors (Lipinski definition) is 4. The van der Waals surface area contributed by atoms with E-state index in [4.69, 9.17) is 10.5 Å². The minimum Gasteiger partial charge on any atom is -0.497 e. The lowest BCUT2D eigenvalue weighted by atomic mass is 10.3. The van der Waals surface area contributed by atoms with Gasteiger partial charge in [0.2, 0.25) is 0 Å². The van der Waals surface area contributed by atoms with Gasteiger partial charge in [-0.15, -0.1) is 11.8 Å². The Hall–Kier alpha value is -1.62. The van der Waals surface area contributed by atoms with E-state index in [0.717, 1.165) is 16.3 Å². The lowest BCUT2D eigenvalue weighted by molar-refractivity contribution is 0.414. The van der Waals surface area contributed by atoms with Gasteiger partial charge in [-0.1, -0.05) is 13.8 Å². The summed E-state index contributed by atoms with van der Waals surface area (Å²) in [7, 11) is 1.65. The van der Waals surface area contributed by atoms with Gasteiger partial charge in [-0.3, -0.25) is 0 Å². The molecule has 4 nitrogen and oxygen atoms in total. The largest absolute Gasteiger partial charge is 0.497 e. The molecule has 0 saturated carbocycles. The van der Waals surface area contributed by atoms with Gasteiger partial charge in [0.1, 0.15) is 11.6 Å². The molecule has 0 aliphatic carbocycles.